The van der Waals surface area contributed by atoms with Crippen LogP contribution >= 0.6 is 11.6 Å². The first kappa shape index (κ1) is 8.43. The van der Waals surface area contributed by atoms with Gasteiger partial charge < -0.3 is 9.53 Å². The zero-order valence-corrected chi connectivity index (χ0v) is 5.72. The van der Waals surface area contributed by atoms with Gasteiger partial charge in [-0.3, -0.25) is 0 Å². The Labute approximate surface area is 57.9 Å². The van der Waals surface area contributed by atoms with Gasteiger partial charge in [-0.25, -0.2) is 4.79 Å². The summed E-state index contributed by atoms with van der Waals surface area (Å²) in [6.45, 7) is 1.89. The van der Waals surface area contributed by atoms with Gasteiger partial charge in [0.2, 0.25) is 0 Å². The fourth-order valence-electron chi connectivity index (χ4n) is 0.277. The monoisotopic (exact) mass is 150 g/mol. The van der Waals surface area contributed by atoms with Crippen molar-refractivity contribution in [1.82, 2.24) is 0 Å². The molecule has 0 aromatic rings. The minimum absolute atomic E-state index is 0.246. The average Bonchev–Trinajstić information content (AvgIpc) is 1.87. The highest BCUT2D eigenvalue weighted by molar-refractivity contribution is 6.37. The molecule has 0 aromatic heterocycles. The second kappa shape index (κ2) is 4.32. The third kappa shape index (κ3) is 3.08. The van der Waals surface area contributed by atoms with E-state index in [1.165, 1.54) is 0 Å². The molecular weight excluding hydrogens is 144 g/mol. The molecule has 0 heterocycles. The van der Waals surface area contributed by atoms with E-state index in [0.717, 1.165) is 0 Å². The van der Waals surface area contributed by atoms with Gasteiger partial charge in [-0.2, -0.15) is 0 Å². The average molecular weight is 151 g/mol. The lowest BCUT2D eigenvalue weighted by Crippen LogP contribution is -2.18. The summed E-state index contributed by atoms with van der Waals surface area (Å²) in [5, 5.41) is -1.15. The second-order valence-corrected chi connectivity index (χ2v) is 1.76. The molecule has 0 aliphatic rings. The Morgan fingerprint density at radius 2 is 2.44 bits per heavy atom. The molecule has 0 aliphatic heterocycles. The first-order chi connectivity index (χ1) is 4.22. The molecule has 0 amide bonds. The van der Waals surface area contributed by atoms with E-state index in [4.69, 9.17) is 11.6 Å². The Kier molecular flexibility index (Phi) is 4.05. The Morgan fingerprint density at radius 1 is 1.89 bits per heavy atom. The number of aldehydes is 1. The predicted octanol–water partition coefficient (Wildman–Crippen LogP) is 0.356. The summed E-state index contributed by atoms with van der Waals surface area (Å²) in [5.41, 5.74) is 0. The summed E-state index contributed by atoms with van der Waals surface area (Å²) in [6.07, 6.45) is 0.333. The van der Waals surface area contributed by atoms with Crippen LogP contribution in [0.1, 0.15) is 6.92 Å². The molecule has 0 saturated heterocycles. The first-order valence-electron chi connectivity index (χ1n) is 2.48. The Hall–Kier alpha value is -0.570. The molecule has 0 fully saturated rings. The van der Waals surface area contributed by atoms with E-state index >= 15 is 0 Å². The molecule has 0 saturated carbocycles. The largest absolute Gasteiger partial charge is 0.465 e. The standard InChI is InChI=1S/C5H7ClO3/c1-2-9-5(8)4(6)3-7/h3-4H,2H2,1H3/t4-/m1/s1. The van der Waals surface area contributed by atoms with Gasteiger partial charge in [-0.05, 0) is 6.92 Å². The van der Waals surface area contributed by atoms with Crippen LogP contribution in [0.4, 0.5) is 0 Å². The first-order valence-corrected chi connectivity index (χ1v) is 2.92. The third-order valence-corrected chi connectivity index (χ3v) is 0.912. The number of hydrogen-bond donors (Lipinski definition) is 0. The minimum Gasteiger partial charge on any atom is -0.465 e. The van der Waals surface area contributed by atoms with Crippen molar-refractivity contribution in [2.45, 2.75) is 12.3 Å². The van der Waals surface area contributed by atoms with Crippen LogP contribution in [0.5, 0.6) is 0 Å². The van der Waals surface area contributed by atoms with Crippen LogP contribution in [-0.4, -0.2) is 24.2 Å². The van der Waals surface area contributed by atoms with Crippen LogP contribution in [0.3, 0.4) is 0 Å². The summed E-state index contributed by atoms with van der Waals surface area (Å²) in [7, 11) is 0. The lowest BCUT2D eigenvalue weighted by Gasteiger charge is -1.99. The third-order valence-electron chi connectivity index (χ3n) is 0.631. The molecule has 9 heavy (non-hydrogen) atoms. The van der Waals surface area contributed by atoms with Crippen molar-refractivity contribution in [3.8, 4) is 0 Å². The quantitative estimate of drug-likeness (QED) is 0.253. The van der Waals surface area contributed by atoms with Crippen LogP contribution in [0.25, 0.3) is 0 Å². The maximum absolute atomic E-state index is 10.4. The maximum atomic E-state index is 10.4. The summed E-state index contributed by atoms with van der Waals surface area (Å²) in [6, 6.07) is 0. The van der Waals surface area contributed by atoms with E-state index in [-0.39, 0.29) is 6.61 Å². The van der Waals surface area contributed by atoms with Crippen molar-refractivity contribution >= 4 is 23.9 Å². The molecular formula is C5H7ClO3. The van der Waals surface area contributed by atoms with Gasteiger partial charge in [0.05, 0.1) is 6.61 Å². The molecule has 0 unspecified atom stereocenters. The number of carbonyl (C=O) groups excluding carboxylic acids is 2. The van der Waals surface area contributed by atoms with Crippen LogP contribution in [0, 0.1) is 0 Å². The number of rotatable bonds is 3. The highest BCUT2D eigenvalue weighted by Gasteiger charge is 2.13. The zero-order valence-electron chi connectivity index (χ0n) is 4.96. The normalized spacial score (nSPS) is 12.2. The SMILES string of the molecule is CCOC(=O)[C@H](Cl)C=O. The van der Waals surface area contributed by atoms with Gasteiger partial charge in [-0.1, -0.05) is 0 Å². The van der Waals surface area contributed by atoms with Crippen molar-refractivity contribution in [2.24, 2.45) is 0 Å². The van der Waals surface area contributed by atoms with Crippen LogP contribution in [0.15, 0.2) is 0 Å². The van der Waals surface area contributed by atoms with Crippen LogP contribution in [-0.2, 0) is 14.3 Å². The number of alkyl halides is 1. The van der Waals surface area contributed by atoms with Crippen LogP contribution < -0.4 is 0 Å². The zero-order chi connectivity index (χ0) is 7.28. The van der Waals surface area contributed by atoms with Gasteiger partial charge >= 0.3 is 5.97 Å². The smallest absolute Gasteiger partial charge is 0.331 e. The summed E-state index contributed by atoms with van der Waals surface area (Å²) in [4.78, 5) is 20.2. The minimum atomic E-state index is -1.15. The van der Waals surface area contributed by atoms with Gasteiger partial charge in [0, 0.05) is 0 Å². The van der Waals surface area contributed by atoms with Gasteiger partial charge in [0.1, 0.15) is 6.29 Å². The highest BCUT2D eigenvalue weighted by Crippen LogP contribution is 1.93. The Morgan fingerprint density at radius 3 is 2.78 bits per heavy atom. The van der Waals surface area contributed by atoms with Crippen molar-refractivity contribution in [3.05, 3.63) is 0 Å². The van der Waals surface area contributed by atoms with Crippen molar-refractivity contribution in [1.29, 1.82) is 0 Å². The molecule has 0 aliphatic carbocycles. The lowest BCUT2D eigenvalue weighted by molar-refractivity contribution is -0.143. The number of halogens is 1. The molecule has 0 N–H and O–H groups in total. The van der Waals surface area contributed by atoms with Gasteiger partial charge in [0.25, 0.3) is 0 Å². The summed E-state index contributed by atoms with van der Waals surface area (Å²) >= 11 is 5.15. The molecule has 0 rings (SSSR count). The van der Waals surface area contributed by atoms with E-state index < -0.39 is 11.3 Å². The van der Waals surface area contributed by atoms with Gasteiger partial charge in [-0.15, -0.1) is 11.6 Å². The van der Waals surface area contributed by atoms with Crippen molar-refractivity contribution < 1.29 is 14.3 Å². The molecule has 0 bridgehead atoms. The molecule has 4 heteroatoms. The summed E-state index contributed by atoms with van der Waals surface area (Å²) in [5.74, 6) is -0.686. The predicted molar refractivity (Wildman–Crippen MR) is 32.3 cm³/mol. The van der Waals surface area contributed by atoms with Gasteiger partial charge in [0.15, 0.2) is 5.38 Å². The topological polar surface area (TPSA) is 43.4 Å². The fourth-order valence-corrected chi connectivity index (χ4v) is 0.340. The van der Waals surface area contributed by atoms with E-state index in [1.54, 1.807) is 6.92 Å². The number of esters is 1. The summed E-state index contributed by atoms with van der Waals surface area (Å²) < 4.78 is 4.39. The second-order valence-electron chi connectivity index (χ2n) is 1.29. The Bertz CT molecular complexity index is 113. The van der Waals surface area contributed by atoms with Crippen molar-refractivity contribution in [3.63, 3.8) is 0 Å². The number of carbonyl (C=O) groups is 2. The molecule has 52 valence electrons. The lowest BCUT2D eigenvalue weighted by atomic mass is 10.5. The molecule has 0 spiro atoms. The fraction of sp³-hybridized carbons (Fsp3) is 0.600. The van der Waals surface area contributed by atoms with Crippen LogP contribution in [0.2, 0.25) is 0 Å². The molecule has 3 nitrogen and oxygen atoms in total. The van der Waals surface area contributed by atoms with E-state index in [1.807, 2.05) is 0 Å². The van der Waals surface area contributed by atoms with E-state index in [2.05, 4.69) is 4.74 Å². The Balaban J connectivity index is 3.58. The maximum Gasteiger partial charge on any atom is 0.331 e. The molecule has 0 aromatic carbocycles. The molecule has 0 radical (unpaired) electrons. The number of ether oxygens (including phenoxy) is 1. The number of hydrogen-bond acceptors (Lipinski definition) is 3. The van der Waals surface area contributed by atoms with E-state index in [0.29, 0.717) is 6.29 Å². The molecule has 1 atom stereocenters. The van der Waals surface area contributed by atoms with E-state index in [9.17, 15) is 9.59 Å². The highest BCUT2D eigenvalue weighted by atomic mass is 35.5. The van der Waals surface area contributed by atoms with Crippen molar-refractivity contribution in [2.75, 3.05) is 6.61 Å².